The molecule has 3 unspecified atom stereocenters. The van der Waals surface area contributed by atoms with E-state index in [1.54, 1.807) is 20.8 Å². The minimum absolute atomic E-state index is 0.000509. The lowest BCUT2D eigenvalue weighted by Crippen LogP contribution is -2.60. The summed E-state index contributed by atoms with van der Waals surface area (Å²) >= 11 is 0. The summed E-state index contributed by atoms with van der Waals surface area (Å²) < 4.78 is 63.8. The van der Waals surface area contributed by atoms with E-state index in [1.165, 1.54) is 91.8 Å². The van der Waals surface area contributed by atoms with Gasteiger partial charge in [0.05, 0.1) is 87.4 Å². The molecule has 570 valence electrons. The molecule has 13 N–H and O–H groups in total. The first-order valence-corrected chi connectivity index (χ1v) is 34.1. The van der Waals surface area contributed by atoms with Gasteiger partial charge in [-0.1, -0.05) is 38.1 Å². The van der Waals surface area contributed by atoms with Crippen LogP contribution in [-0.4, -0.2) is 261 Å². The van der Waals surface area contributed by atoms with Crippen LogP contribution in [0.15, 0.2) is 72.8 Å². The number of hydrogen-bond donors (Lipinski definition) is 13. The Kier molecular flexibility index (Phi) is 24.9. The van der Waals surface area contributed by atoms with Gasteiger partial charge in [-0.05, 0) is 106 Å². The first-order chi connectivity index (χ1) is 49.4. The van der Waals surface area contributed by atoms with Crippen LogP contribution in [0.1, 0.15) is 121 Å². The van der Waals surface area contributed by atoms with E-state index in [1.807, 2.05) is 13.8 Å². The number of amides is 5. The van der Waals surface area contributed by atoms with Gasteiger partial charge in [0.2, 0.25) is 12.6 Å². The number of ether oxygens (including phenoxy) is 11. The van der Waals surface area contributed by atoms with Crippen LogP contribution in [0.25, 0.3) is 0 Å². The first-order valence-electron chi connectivity index (χ1n) is 34.1. The van der Waals surface area contributed by atoms with Crippen LogP contribution in [0.4, 0.5) is 21.0 Å². The maximum absolute atomic E-state index is 14.6. The third-order valence-corrected chi connectivity index (χ3v) is 18.8. The highest BCUT2D eigenvalue weighted by Crippen LogP contribution is 2.47. The van der Waals surface area contributed by atoms with E-state index in [0.717, 1.165) is 9.80 Å². The molecule has 15 atom stereocenters. The van der Waals surface area contributed by atoms with E-state index in [2.05, 4.69) is 17.2 Å². The topological polar surface area (TPSA) is 446 Å². The van der Waals surface area contributed by atoms with Crippen LogP contribution < -0.4 is 48.9 Å². The zero-order chi connectivity index (χ0) is 75.4. The molecule has 6 aliphatic heterocycles. The normalized spacial score (nSPS) is 26.8. The number of hydrogen-bond acceptors (Lipinski definition) is 28. The second-order valence-electron chi connectivity index (χ2n) is 28.2. The molecule has 0 aromatic heterocycles. The second-order valence-corrected chi connectivity index (χ2v) is 28.2. The minimum Gasteiger partial charge on any atom is -0.493 e. The van der Waals surface area contributed by atoms with Gasteiger partial charge < -0.3 is 123 Å². The fourth-order valence-corrected chi connectivity index (χ4v) is 13.4. The number of carbonyl (C=O) groups is 5. The number of unbranched alkanes of at least 4 members (excludes halogenated alkanes) is 2. The Labute approximate surface area is 599 Å². The van der Waals surface area contributed by atoms with Crippen molar-refractivity contribution in [3.8, 4) is 34.5 Å². The summed E-state index contributed by atoms with van der Waals surface area (Å²) in [5, 5.41) is 124. The molecule has 0 radical (unpaired) electrons. The van der Waals surface area contributed by atoms with Crippen LogP contribution >= 0.6 is 0 Å². The molecule has 4 fully saturated rings. The number of methoxy groups -OCH3 is 3. The van der Waals surface area contributed by atoms with Gasteiger partial charge in [-0.3, -0.25) is 19.7 Å². The summed E-state index contributed by atoms with van der Waals surface area (Å²) in [6, 6.07) is 12.3. The Hall–Kier alpha value is -8.23. The van der Waals surface area contributed by atoms with Crippen LogP contribution in [0, 0.1) is 5.41 Å². The third-order valence-electron chi connectivity index (χ3n) is 18.8. The largest absolute Gasteiger partial charge is 0.493 e. The molecular weight excluding hydrogens is 1370 g/mol. The molecule has 4 saturated heterocycles. The number of aliphatic hydroxyl groups is 11. The number of carbonyl (C=O) groups excluding carboxylic acids is 5. The molecule has 10 rings (SSSR count). The van der Waals surface area contributed by atoms with Crippen molar-refractivity contribution in [2.45, 2.75) is 178 Å². The SMILES string of the molecule is C=C1C[C@H]2C(O)N(C(=O)OCc3ccc(O[C@@H]4O[C@H](CO)[C@H](O)[C@H](O)[C@H]4O)c(C(O)NC(C)(C)C)c3)c3cc(OCCCCCOc4cc5c(cc4OC)C(=O)N4CC(C)(C)C[C@H]4C(O)N5C(=O)OCc4ccc(O[C@@H]5O[C@H](CO)[C@H](O)[C@H](O)[C@H]5O)c(C(=O)NCCOC)c4)c(OC)cc3C(=O)N2C1. The van der Waals surface area contributed by atoms with Gasteiger partial charge in [-0.2, -0.15) is 0 Å². The van der Waals surface area contributed by atoms with Gasteiger partial charge in [-0.15, -0.1) is 0 Å². The summed E-state index contributed by atoms with van der Waals surface area (Å²) in [4.78, 5) is 76.7. The van der Waals surface area contributed by atoms with Crippen molar-refractivity contribution in [3.63, 3.8) is 0 Å². The van der Waals surface area contributed by atoms with Gasteiger partial charge in [0.1, 0.15) is 79.8 Å². The summed E-state index contributed by atoms with van der Waals surface area (Å²) in [6.45, 7) is 11.5. The summed E-state index contributed by atoms with van der Waals surface area (Å²) in [5.41, 5.74) is -0.150. The predicted octanol–water partition coefficient (Wildman–Crippen LogP) is 1.41. The molecular formula is C71H94N6O27. The van der Waals surface area contributed by atoms with Crippen molar-refractivity contribution in [2.75, 3.05) is 83.8 Å². The van der Waals surface area contributed by atoms with Crippen LogP contribution in [0.2, 0.25) is 0 Å². The Morgan fingerprint density at radius 1 is 0.625 bits per heavy atom. The Morgan fingerprint density at radius 3 is 1.63 bits per heavy atom. The van der Waals surface area contributed by atoms with Gasteiger partial charge in [0, 0.05) is 50.0 Å². The number of anilines is 2. The lowest BCUT2D eigenvalue weighted by atomic mass is 9.90. The lowest BCUT2D eigenvalue weighted by Gasteiger charge is -2.40. The molecule has 33 heteroatoms. The number of nitrogens with one attached hydrogen (secondary N) is 2. The highest BCUT2D eigenvalue weighted by Gasteiger charge is 2.52. The number of aliphatic hydroxyl groups excluding tert-OH is 11. The van der Waals surface area contributed by atoms with Gasteiger partial charge in [-0.25, -0.2) is 19.4 Å². The molecule has 4 aromatic rings. The molecule has 33 nitrogen and oxygen atoms in total. The number of rotatable bonds is 26. The number of nitrogens with zero attached hydrogens (tertiary/aromatic N) is 4. The van der Waals surface area contributed by atoms with E-state index in [4.69, 9.17) is 52.1 Å². The molecule has 0 aliphatic carbocycles. The van der Waals surface area contributed by atoms with Gasteiger partial charge >= 0.3 is 12.2 Å². The lowest BCUT2D eigenvalue weighted by molar-refractivity contribution is -0.277. The average molecular weight is 1460 g/mol. The van der Waals surface area contributed by atoms with Crippen molar-refractivity contribution in [3.05, 3.63) is 106 Å². The van der Waals surface area contributed by atoms with E-state index in [9.17, 15) is 80.1 Å². The summed E-state index contributed by atoms with van der Waals surface area (Å²) in [6.07, 6.45) is -21.4. The highest BCUT2D eigenvalue weighted by molar-refractivity contribution is 6.07. The van der Waals surface area contributed by atoms with Crippen molar-refractivity contribution < 1.29 is 132 Å². The van der Waals surface area contributed by atoms with E-state index in [-0.39, 0.29) is 120 Å². The van der Waals surface area contributed by atoms with Gasteiger partial charge in [0.15, 0.2) is 35.5 Å². The van der Waals surface area contributed by atoms with E-state index in [0.29, 0.717) is 36.8 Å². The van der Waals surface area contributed by atoms with E-state index < -0.39 is 159 Å². The number of benzene rings is 4. The fourth-order valence-electron chi connectivity index (χ4n) is 13.4. The third kappa shape index (κ3) is 17.0. The van der Waals surface area contributed by atoms with Crippen molar-refractivity contribution in [1.82, 2.24) is 20.4 Å². The Bertz CT molecular complexity index is 3760. The van der Waals surface area contributed by atoms with Crippen LogP contribution in [0.3, 0.4) is 0 Å². The zero-order valence-electron chi connectivity index (χ0n) is 59.0. The van der Waals surface area contributed by atoms with E-state index >= 15 is 0 Å². The second kappa shape index (κ2) is 33.1. The summed E-state index contributed by atoms with van der Waals surface area (Å²) in [7, 11) is 4.19. The molecule has 6 aliphatic rings. The van der Waals surface area contributed by atoms with Crippen LogP contribution in [0.5, 0.6) is 34.5 Å². The number of fused-ring (bicyclic) bond motifs is 4. The predicted molar refractivity (Wildman–Crippen MR) is 364 cm³/mol. The first kappa shape index (κ1) is 78.4. The monoisotopic (exact) mass is 1460 g/mol. The highest BCUT2D eigenvalue weighted by atomic mass is 16.7. The van der Waals surface area contributed by atoms with Crippen molar-refractivity contribution >= 4 is 41.3 Å². The van der Waals surface area contributed by atoms with Gasteiger partial charge in [0.25, 0.3) is 17.7 Å². The molecule has 4 aromatic carbocycles. The van der Waals surface area contributed by atoms with Crippen molar-refractivity contribution in [1.29, 1.82) is 0 Å². The Morgan fingerprint density at radius 2 is 1.12 bits per heavy atom. The van der Waals surface area contributed by atoms with Crippen molar-refractivity contribution in [2.24, 2.45) is 5.41 Å². The molecule has 0 spiro atoms. The molecule has 6 heterocycles. The maximum atomic E-state index is 14.6. The molecule has 0 saturated carbocycles. The average Bonchev–Trinajstić information content (AvgIpc) is 1.58. The fraction of sp³-hybridized carbons (Fsp3) is 0.563. The standard InChI is InChI=1S/C71H94N6O27/c1-35-21-44-64(90)76(68(92)99-33-37-14-16-47(41(23-37)61(87)73-70(2,3)4)102-67-59(85)57(83)55(81)53(31-79)104-67)42-26-50(48(95-8)24-38(42)62(88)74(44)29-35)97-18-11-10-12-19-98-51-27-43-39(25-49(51)96-9)63(89)75-34-71(5,6)28-45(75)65(91)77(43)69(93)100-32-36-13-15-46(40(22-36)60(86)72-17-20-94-7)101-66-58(84)56(82)54(80)52(30-78)103-66/h13-16,22-27,44-45,52-59,61,64-67,73,78-85,87,90-91H,1,10-12,17-21,28-34H2,2-9H3,(H,72,86)/t44-,45-,52+,53+,54-,55-,56-,57-,58+,59+,61?,64?,65?,66+,67+/m0/s1. The molecule has 5 amide bonds. The molecule has 104 heavy (non-hydrogen) atoms. The van der Waals surface area contributed by atoms with Crippen LogP contribution in [-0.2, 0) is 36.9 Å². The maximum Gasteiger partial charge on any atom is 0.416 e. The quantitative estimate of drug-likeness (QED) is 0.0240. The summed E-state index contributed by atoms with van der Waals surface area (Å²) in [5.74, 6) is -1.42. The Balaban J connectivity index is 0.828. The molecule has 0 bridgehead atoms. The zero-order valence-corrected chi connectivity index (χ0v) is 59.0. The minimum atomic E-state index is -1.81. The smallest absolute Gasteiger partial charge is 0.416 e.